The lowest BCUT2D eigenvalue weighted by atomic mass is 10.3. The summed E-state index contributed by atoms with van der Waals surface area (Å²) in [6, 6.07) is 1.44. The maximum atomic E-state index is 10.5. The molecule has 1 N–H and O–H groups in total. The second-order valence-electron chi connectivity index (χ2n) is 2.15. The van der Waals surface area contributed by atoms with Crippen molar-refractivity contribution in [2.75, 3.05) is 0 Å². The van der Waals surface area contributed by atoms with E-state index in [1.807, 2.05) is 0 Å². The zero-order chi connectivity index (χ0) is 8.55. The molecule has 2 aromatic heterocycles. The van der Waals surface area contributed by atoms with Crippen molar-refractivity contribution in [1.29, 1.82) is 0 Å². The third kappa shape index (κ3) is 1.04. The lowest BCUT2D eigenvalue weighted by molar-refractivity contribution is 0.0690. The standard InChI is InChI=1S/C7H3N2O2S/c10-7(11)5-1-4-6(2-8-5)12-3-9-4/h1-2H,(H,10,11). The van der Waals surface area contributed by atoms with E-state index >= 15 is 0 Å². The number of carboxylic acid groups (broad SMARTS) is 1. The Morgan fingerprint density at radius 3 is 3.25 bits per heavy atom. The SMILES string of the molecule is O=C(O)c1cc2n[c]sc2cn1. The van der Waals surface area contributed by atoms with Gasteiger partial charge in [-0.3, -0.25) is 0 Å². The minimum atomic E-state index is -1.04. The van der Waals surface area contributed by atoms with Crippen LogP contribution < -0.4 is 0 Å². The number of rotatable bonds is 1. The van der Waals surface area contributed by atoms with Crippen LogP contribution in [0.2, 0.25) is 0 Å². The lowest BCUT2D eigenvalue weighted by Gasteiger charge is -1.90. The van der Waals surface area contributed by atoms with Gasteiger partial charge in [-0.05, 0) is 6.07 Å². The van der Waals surface area contributed by atoms with Crippen LogP contribution in [0.4, 0.5) is 0 Å². The highest BCUT2D eigenvalue weighted by molar-refractivity contribution is 7.16. The fraction of sp³-hybridized carbons (Fsp3) is 0. The van der Waals surface area contributed by atoms with Gasteiger partial charge in [0.2, 0.25) is 0 Å². The monoisotopic (exact) mass is 179 g/mol. The van der Waals surface area contributed by atoms with Crippen molar-refractivity contribution in [3.8, 4) is 0 Å². The molecule has 2 heterocycles. The molecule has 0 bridgehead atoms. The molecule has 0 aliphatic rings. The zero-order valence-corrected chi connectivity index (χ0v) is 6.63. The van der Waals surface area contributed by atoms with Crippen LogP contribution in [0.15, 0.2) is 12.3 Å². The van der Waals surface area contributed by atoms with Crippen molar-refractivity contribution in [1.82, 2.24) is 9.97 Å². The van der Waals surface area contributed by atoms with Crippen LogP contribution >= 0.6 is 11.3 Å². The molecule has 5 heteroatoms. The molecule has 0 aliphatic carbocycles. The molecule has 0 aromatic carbocycles. The summed E-state index contributed by atoms with van der Waals surface area (Å²) in [5.74, 6) is -1.04. The molecule has 2 aromatic rings. The van der Waals surface area contributed by atoms with Crippen molar-refractivity contribution in [3.63, 3.8) is 0 Å². The summed E-state index contributed by atoms with van der Waals surface area (Å²) in [4.78, 5) is 18.1. The highest BCUT2D eigenvalue weighted by atomic mass is 32.1. The van der Waals surface area contributed by atoms with Gasteiger partial charge in [-0.2, -0.15) is 0 Å². The van der Waals surface area contributed by atoms with Crippen molar-refractivity contribution in [2.24, 2.45) is 0 Å². The molecule has 0 saturated heterocycles. The lowest BCUT2D eigenvalue weighted by Crippen LogP contribution is -1.98. The number of nitrogens with zero attached hydrogens (tertiary/aromatic N) is 2. The number of fused-ring (bicyclic) bond motifs is 1. The van der Waals surface area contributed by atoms with Crippen molar-refractivity contribution in [3.05, 3.63) is 23.5 Å². The number of aromatic carboxylic acids is 1. The minimum absolute atomic E-state index is 0.0156. The summed E-state index contributed by atoms with van der Waals surface area (Å²) >= 11 is 1.32. The number of hydrogen-bond acceptors (Lipinski definition) is 4. The van der Waals surface area contributed by atoms with Gasteiger partial charge in [0, 0.05) is 6.20 Å². The summed E-state index contributed by atoms with van der Waals surface area (Å²) in [6.45, 7) is 0. The van der Waals surface area contributed by atoms with Crippen LogP contribution in [0.25, 0.3) is 10.2 Å². The highest BCUT2D eigenvalue weighted by Crippen LogP contribution is 2.15. The summed E-state index contributed by atoms with van der Waals surface area (Å²) in [6.07, 6.45) is 1.49. The van der Waals surface area contributed by atoms with E-state index in [-0.39, 0.29) is 5.69 Å². The molecule has 0 aliphatic heterocycles. The van der Waals surface area contributed by atoms with E-state index in [9.17, 15) is 4.79 Å². The van der Waals surface area contributed by atoms with Crippen LogP contribution in [0.1, 0.15) is 10.5 Å². The Morgan fingerprint density at radius 1 is 1.67 bits per heavy atom. The van der Waals surface area contributed by atoms with Gasteiger partial charge in [0.25, 0.3) is 0 Å². The van der Waals surface area contributed by atoms with E-state index in [1.54, 1.807) is 0 Å². The highest BCUT2D eigenvalue weighted by Gasteiger charge is 2.06. The molecule has 1 radical (unpaired) electrons. The van der Waals surface area contributed by atoms with Gasteiger partial charge in [-0.25, -0.2) is 14.8 Å². The van der Waals surface area contributed by atoms with Gasteiger partial charge in [-0.15, -0.1) is 11.3 Å². The number of pyridine rings is 1. The molecule has 59 valence electrons. The molecule has 0 atom stereocenters. The van der Waals surface area contributed by atoms with E-state index in [0.717, 1.165) is 4.70 Å². The van der Waals surface area contributed by atoms with E-state index in [4.69, 9.17) is 5.11 Å². The molecule has 12 heavy (non-hydrogen) atoms. The Morgan fingerprint density at radius 2 is 2.50 bits per heavy atom. The first-order valence-corrected chi connectivity index (χ1v) is 3.95. The average molecular weight is 179 g/mol. The zero-order valence-electron chi connectivity index (χ0n) is 5.81. The number of aromatic nitrogens is 2. The number of thiazole rings is 1. The average Bonchev–Trinajstić information content (AvgIpc) is 2.49. The first kappa shape index (κ1) is 7.17. The fourth-order valence-electron chi connectivity index (χ4n) is 0.836. The number of carbonyl (C=O) groups is 1. The summed E-state index contributed by atoms with van der Waals surface area (Å²) in [7, 11) is 0. The normalized spacial score (nSPS) is 10.3. The van der Waals surface area contributed by atoms with Gasteiger partial charge < -0.3 is 5.11 Å². The summed E-state index contributed by atoms with van der Waals surface area (Å²) in [5.41, 5.74) is 3.31. The van der Waals surface area contributed by atoms with Crippen molar-refractivity contribution < 1.29 is 9.90 Å². The predicted molar refractivity (Wildman–Crippen MR) is 43.2 cm³/mol. The molecule has 4 nitrogen and oxygen atoms in total. The van der Waals surface area contributed by atoms with E-state index < -0.39 is 5.97 Å². The van der Waals surface area contributed by atoms with Crippen LogP contribution in [-0.2, 0) is 0 Å². The first-order valence-electron chi connectivity index (χ1n) is 3.13. The van der Waals surface area contributed by atoms with Gasteiger partial charge in [0.05, 0.1) is 10.2 Å². The number of carboxylic acids is 1. The van der Waals surface area contributed by atoms with Gasteiger partial charge in [-0.1, -0.05) is 0 Å². The fourth-order valence-corrected chi connectivity index (χ4v) is 1.39. The third-order valence-corrected chi connectivity index (χ3v) is 2.10. The summed E-state index contributed by atoms with van der Waals surface area (Å²) < 4.78 is 0.847. The second-order valence-corrected chi connectivity index (χ2v) is 2.97. The van der Waals surface area contributed by atoms with Crippen molar-refractivity contribution >= 4 is 27.5 Å². The first-order chi connectivity index (χ1) is 5.77. The van der Waals surface area contributed by atoms with Gasteiger partial charge >= 0.3 is 5.97 Å². The quantitative estimate of drug-likeness (QED) is 0.714. The van der Waals surface area contributed by atoms with E-state index in [1.165, 1.54) is 23.6 Å². The van der Waals surface area contributed by atoms with Crippen molar-refractivity contribution in [2.45, 2.75) is 0 Å². The Bertz CT molecular complexity index is 438. The Hall–Kier alpha value is -1.49. The predicted octanol–water partition coefficient (Wildman–Crippen LogP) is 1.19. The second kappa shape index (κ2) is 2.53. The molecule has 0 saturated carbocycles. The van der Waals surface area contributed by atoms with Gasteiger partial charge in [0.15, 0.2) is 5.51 Å². The minimum Gasteiger partial charge on any atom is -0.477 e. The molecular formula is C7H3N2O2S. The maximum Gasteiger partial charge on any atom is 0.354 e. The van der Waals surface area contributed by atoms with Crippen LogP contribution in [0.3, 0.4) is 0 Å². The molecule has 2 rings (SSSR count). The Labute approximate surface area is 71.5 Å². The Kier molecular flexibility index (Phi) is 1.51. The van der Waals surface area contributed by atoms with E-state index in [2.05, 4.69) is 15.5 Å². The Balaban J connectivity index is 2.68. The number of hydrogen-bond donors (Lipinski definition) is 1. The molecular weight excluding hydrogens is 176 g/mol. The maximum absolute atomic E-state index is 10.5. The molecule has 0 amide bonds. The van der Waals surface area contributed by atoms with E-state index in [0.29, 0.717) is 5.52 Å². The van der Waals surface area contributed by atoms with Crippen LogP contribution in [0, 0.1) is 5.51 Å². The molecule has 0 spiro atoms. The topological polar surface area (TPSA) is 63.1 Å². The molecule has 0 fully saturated rings. The largest absolute Gasteiger partial charge is 0.477 e. The smallest absolute Gasteiger partial charge is 0.354 e. The van der Waals surface area contributed by atoms with Crippen LogP contribution in [-0.4, -0.2) is 21.0 Å². The summed E-state index contributed by atoms with van der Waals surface area (Å²) in [5, 5.41) is 8.58. The van der Waals surface area contributed by atoms with Gasteiger partial charge in [0.1, 0.15) is 5.69 Å². The van der Waals surface area contributed by atoms with Crippen LogP contribution in [0.5, 0.6) is 0 Å². The third-order valence-electron chi connectivity index (χ3n) is 1.39. The molecule has 0 unspecified atom stereocenters.